The van der Waals surface area contributed by atoms with Crippen molar-refractivity contribution >= 4 is 5.91 Å². The van der Waals surface area contributed by atoms with E-state index < -0.39 is 0 Å². The van der Waals surface area contributed by atoms with Gasteiger partial charge >= 0.3 is 0 Å². The highest BCUT2D eigenvalue weighted by Gasteiger charge is 2.55. The van der Waals surface area contributed by atoms with Crippen molar-refractivity contribution in [1.29, 1.82) is 0 Å². The zero-order valence-corrected chi connectivity index (χ0v) is 12.7. The number of likely N-dealkylation sites (tertiary alicyclic amines) is 2. The van der Waals surface area contributed by atoms with E-state index in [1.165, 1.54) is 18.4 Å². The Hall–Kier alpha value is -1.36. The smallest absolute Gasteiger partial charge is 0.222 e. The fraction of sp³-hybridized carbons (Fsp3) is 0.750. The molecule has 21 heavy (non-hydrogen) atoms. The molecule has 1 aliphatic carbocycles. The summed E-state index contributed by atoms with van der Waals surface area (Å²) in [4.78, 5) is 16.8. The van der Waals surface area contributed by atoms with Crippen molar-refractivity contribution in [1.82, 2.24) is 19.6 Å². The molecule has 5 heteroatoms. The van der Waals surface area contributed by atoms with Gasteiger partial charge in [0.15, 0.2) is 0 Å². The van der Waals surface area contributed by atoms with E-state index in [-0.39, 0.29) is 0 Å². The minimum atomic E-state index is 0.408. The van der Waals surface area contributed by atoms with Gasteiger partial charge in [-0.3, -0.25) is 14.4 Å². The standard InChI is InChI=1S/C16H24N4O/c1-18-8-12(7-17-18)9-19-10-14-13(15(14)11-19)6-16(21)20-4-2-3-5-20/h7-8,13-15H,2-6,9-11H2,1H3/t13?,14-,15+. The number of nitrogens with zero attached hydrogens (tertiary/aromatic N) is 4. The number of amides is 1. The van der Waals surface area contributed by atoms with E-state index in [4.69, 9.17) is 0 Å². The SMILES string of the molecule is Cn1cc(CN2C[C@@H]3C(CC(=O)N4CCCC4)[C@@H]3C2)cn1. The lowest BCUT2D eigenvalue weighted by molar-refractivity contribution is -0.130. The number of hydrogen-bond acceptors (Lipinski definition) is 3. The van der Waals surface area contributed by atoms with Crippen LogP contribution in [-0.4, -0.2) is 51.7 Å². The van der Waals surface area contributed by atoms with E-state index in [9.17, 15) is 4.79 Å². The minimum Gasteiger partial charge on any atom is -0.343 e. The topological polar surface area (TPSA) is 41.4 Å². The molecular weight excluding hydrogens is 264 g/mol. The Bertz CT molecular complexity index is 522. The van der Waals surface area contributed by atoms with Crippen LogP contribution in [0.3, 0.4) is 0 Å². The molecule has 114 valence electrons. The highest BCUT2D eigenvalue weighted by molar-refractivity contribution is 5.77. The third kappa shape index (κ3) is 2.59. The third-order valence-corrected chi connectivity index (χ3v) is 5.48. The van der Waals surface area contributed by atoms with E-state index in [0.29, 0.717) is 11.8 Å². The fourth-order valence-electron chi connectivity index (χ4n) is 4.28. The number of aromatic nitrogens is 2. The Morgan fingerprint density at radius 2 is 2.00 bits per heavy atom. The van der Waals surface area contributed by atoms with Gasteiger partial charge < -0.3 is 4.90 Å². The molecule has 1 saturated carbocycles. The van der Waals surface area contributed by atoms with Gasteiger partial charge in [-0.05, 0) is 30.6 Å². The molecule has 1 unspecified atom stereocenters. The first-order chi connectivity index (χ1) is 10.2. The summed E-state index contributed by atoms with van der Waals surface area (Å²) < 4.78 is 1.86. The van der Waals surface area contributed by atoms with Crippen molar-refractivity contribution in [3.8, 4) is 0 Å². The molecule has 1 aromatic rings. The Morgan fingerprint density at radius 3 is 2.62 bits per heavy atom. The summed E-state index contributed by atoms with van der Waals surface area (Å²) in [6.07, 6.45) is 7.25. The van der Waals surface area contributed by atoms with Gasteiger partial charge in [-0.1, -0.05) is 0 Å². The van der Waals surface area contributed by atoms with Crippen molar-refractivity contribution < 1.29 is 4.79 Å². The average molecular weight is 288 g/mol. The Balaban J connectivity index is 1.25. The number of carbonyl (C=O) groups excluding carboxylic acids is 1. The molecule has 1 amide bonds. The molecule has 0 aromatic carbocycles. The summed E-state index contributed by atoms with van der Waals surface area (Å²) >= 11 is 0. The first kappa shape index (κ1) is 13.3. The molecule has 0 spiro atoms. The molecule has 2 saturated heterocycles. The fourth-order valence-corrected chi connectivity index (χ4v) is 4.28. The number of rotatable bonds is 4. The molecule has 0 radical (unpaired) electrons. The van der Waals surface area contributed by atoms with Gasteiger partial charge in [-0.25, -0.2) is 0 Å². The quantitative estimate of drug-likeness (QED) is 0.833. The molecule has 0 N–H and O–H groups in total. The summed E-state index contributed by atoms with van der Waals surface area (Å²) in [5.41, 5.74) is 1.29. The van der Waals surface area contributed by atoms with Crippen LogP contribution < -0.4 is 0 Å². The number of aryl methyl sites for hydroxylation is 1. The maximum Gasteiger partial charge on any atom is 0.222 e. The molecule has 5 nitrogen and oxygen atoms in total. The van der Waals surface area contributed by atoms with Crippen LogP contribution in [0.15, 0.2) is 12.4 Å². The monoisotopic (exact) mass is 288 g/mol. The molecule has 3 heterocycles. The summed E-state index contributed by atoms with van der Waals surface area (Å²) in [7, 11) is 1.96. The van der Waals surface area contributed by atoms with Gasteiger partial charge in [-0.2, -0.15) is 5.10 Å². The summed E-state index contributed by atoms with van der Waals surface area (Å²) in [5.74, 6) is 2.62. The van der Waals surface area contributed by atoms with E-state index in [1.54, 1.807) is 0 Å². The second-order valence-corrected chi connectivity index (χ2v) is 7.00. The summed E-state index contributed by atoms with van der Waals surface area (Å²) in [6, 6.07) is 0. The van der Waals surface area contributed by atoms with E-state index in [2.05, 4.69) is 21.1 Å². The summed E-state index contributed by atoms with van der Waals surface area (Å²) in [6.45, 7) is 5.32. The van der Waals surface area contributed by atoms with Gasteiger partial charge in [0.2, 0.25) is 5.91 Å². The molecular formula is C16H24N4O. The Morgan fingerprint density at radius 1 is 1.29 bits per heavy atom. The predicted octanol–water partition coefficient (Wildman–Crippen LogP) is 1.11. The van der Waals surface area contributed by atoms with Crippen molar-refractivity contribution in [2.75, 3.05) is 26.2 Å². The van der Waals surface area contributed by atoms with E-state index >= 15 is 0 Å². The van der Waals surface area contributed by atoms with Crippen molar-refractivity contribution in [3.05, 3.63) is 18.0 Å². The summed E-state index contributed by atoms with van der Waals surface area (Å²) in [5, 5.41) is 4.23. The van der Waals surface area contributed by atoms with Crippen molar-refractivity contribution in [2.24, 2.45) is 24.8 Å². The van der Waals surface area contributed by atoms with Gasteiger partial charge in [0.05, 0.1) is 6.20 Å². The van der Waals surface area contributed by atoms with E-state index in [1.807, 2.05) is 17.9 Å². The molecule has 4 rings (SSSR count). The van der Waals surface area contributed by atoms with Crippen LogP contribution in [0.25, 0.3) is 0 Å². The number of carbonyl (C=O) groups is 1. The first-order valence-corrected chi connectivity index (χ1v) is 8.18. The van der Waals surface area contributed by atoms with Crippen LogP contribution in [-0.2, 0) is 18.4 Å². The first-order valence-electron chi connectivity index (χ1n) is 8.18. The maximum absolute atomic E-state index is 12.2. The van der Waals surface area contributed by atoms with Crippen LogP contribution in [0, 0.1) is 17.8 Å². The van der Waals surface area contributed by atoms with Crippen LogP contribution in [0.2, 0.25) is 0 Å². The number of piperidine rings is 1. The Labute approximate surface area is 125 Å². The maximum atomic E-state index is 12.2. The molecule has 3 atom stereocenters. The van der Waals surface area contributed by atoms with Gasteiger partial charge in [0.1, 0.15) is 0 Å². The van der Waals surface area contributed by atoms with Crippen molar-refractivity contribution in [3.63, 3.8) is 0 Å². The highest BCUT2D eigenvalue weighted by Crippen LogP contribution is 2.54. The highest BCUT2D eigenvalue weighted by atomic mass is 16.2. The minimum absolute atomic E-state index is 0.408. The van der Waals surface area contributed by atoms with Gasteiger partial charge in [0, 0.05) is 58.0 Å². The predicted molar refractivity (Wildman–Crippen MR) is 79.4 cm³/mol. The van der Waals surface area contributed by atoms with Crippen LogP contribution in [0.5, 0.6) is 0 Å². The molecule has 1 aromatic heterocycles. The lowest BCUT2D eigenvalue weighted by atomic mass is 10.1. The lowest BCUT2D eigenvalue weighted by Gasteiger charge is -2.20. The lowest BCUT2D eigenvalue weighted by Crippen LogP contribution is -2.30. The molecule has 2 aliphatic heterocycles. The Kier molecular flexibility index (Phi) is 3.25. The second kappa shape index (κ2) is 5.13. The molecule has 3 fully saturated rings. The largest absolute Gasteiger partial charge is 0.343 e. The van der Waals surface area contributed by atoms with Gasteiger partial charge in [-0.15, -0.1) is 0 Å². The molecule has 0 bridgehead atoms. The normalized spacial score (nSPS) is 31.7. The third-order valence-electron chi connectivity index (χ3n) is 5.48. The van der Waals surface area contributed by atoms with E-state index in [0.717, 1.165) is 51.0 Å². The van der Waals surface area contributed by atoms with Crippen molar-refractivity contribution in [2.45, 2.75) is 25.8 Å². The van der Waals surface area contributed by atoms with Crippen LogP contribution in [0.1, 0.15) is 24.8 Å². The van der Waals surface area contributed by atoms with Crippen LogP contribution >= 0.6 is 0 Å². The zero-order chi connectivity index (χ0) is 14.4. The zero-order valence-electron chi connectivity index (χ0n) is 12.7. The van der Waals surface area contributed by atoms with Gasteiger partial charge in [0.25, 0.3) is 0 Å². The number of fused-ring (bicyclic) bond motifs is 1. The second-order valence-electron chi connectivity index (χ2n) is 7.00. The molecule has 3 aliphatic rings. The van der Waals surface area contributed by atoms with Crippen LogP contribution in [0.4, 0.5) is 0 Å². The average Bonchev–Trinajstić information content (AvgIpc) is 2.99. The number of hydrogen-bond donors (Lipinski definition) is 0.